The van der Waals surface area contributed by atoms with E-state index in [0.29, 0.717) is 54.7 Å². The number of hydrogen-bond donors (Lipinski definition) is 3. The first-order chi connectivity index (χ1) is 26.0. The van der Waals surface area contributed by atoms with Crippen molar-refractivity contribution in [2.24, 2.45) is 33.5 Å². The summed E-state index contributed by atoms with van der Waals surface area (Å²) in [5.41, 5.74) is -1.86. The van der Waals surface area contributed by atoms with Crippen LogP contribution < -0.4 is 14.8 Å². The maximum Gasteiger partial charge on any atom is 0.573 e. The standard InChI is InChI=1S/C43H47F3N2O7/c1-38-17-14-29(49)23-40(38)20-21-42(32(24-40)36(50)33-5-4-22-54-33)34(38)15-18-39(2)35(42)16-19-41(39,52)26-48(37(51)47-28-8-12-30(53-3)13-9-28)25-27-6-10-31(11-7-27)55-43(44,45)46/h4-13,20-22,24,29,34-35,49,52H,14-19,23,25-26H2,1-3H3,(H,47,51)/t29?,34-,35-,38-,39+,40+,41-,42-/m1/s1. The number of alkyl halides is 3. The second-order valence-electron chi connectivity index (χ2n) is 16.8. The number of amides is 2. The number of aliphatic hydroxyl groups is 2. The maximum absolute atomic E-state index is 14.5. The summed E-state index contributed by atoms with van der Waals surface area (Å²) in [5, 5.41) is 26.9. The molecule has 2 amide bonds. The Hall–Kier alpha value is -4.55. The summed E-state index contributed by atoms with van der Waals surface area (Å²) >= 11 is 0. The summed E-state index contributed by atoms with van der Waals surface area (Å²) in [6.07, 6.45) is 7.13. The molecule has 9 nitrogen and oxygen atoms in total. The van der Waals surface area contributed by atoms with Gasteiger partial charge in [0.1, 0.15) is 11.5 Å². The molecule has 3 fully saturated rings. The van der Waals surface area contributed by atoms with Gasteiger partial charge in [-0.2, -0.15) is 0 Å². The number of ether oxygens (including phenoxy) is 2. The van der Waals surface area contributed by atoms with Gasteiger partial charge in [0.25, 0.3) is 0 Å². The lowest BCUT2D eigenvalue weighted by molar-refractivity contribution is -0.274. The minimum atomic E-state index is -4.84. The van der Waals surface area contributed by atoms with Crippen molar-refractivity contribution in [1.29, 1.82) is 0 Å². The summed E-state index contributed by atoms with van der Waals surface area (Å²) in [6, 6.07) is 15.1. The number of allylic oxidation sites excluding steroid dienone is 4. The van der Waals surface area contributed by atoms with Gasteiger partial charge < -0.3 is 34.3 Å². The van der Waals surface area contributed by atoms with Gasteiger partial charge in [-0.15, -0.1) is 13.2 Å². The Kier molecular flexibility index (Phi) is 8.84. The Balaban J connectivity index is 1.15. The minimum Gasteiger partial charge on any atom is -0.497 e. The average molecular weight is 761 g/mol. The molecule has 0 radical (unpaired) electrons. The molecule has 3 N–H and O–H groups in total. The predicted molar refractivity (Wildman–Crippen MR) is 197 cm³/mol. The fraction of sp³-hybridized carbons (Fsp3) is 0.488. The van der Waals surface area contributed by atoms with Crippen LogP contribution in [0.25, 0.3) is 0 Å². The summed E-state index contributed by atoms with van der Waals surface area (Å²) < 4.78 is 53.7. The van der Waals surface area contributed by atoms with E-state index >= 15 is 0 Å². The third kappa shape index (κ3) is 5.89. The molecule has 1 unspecified atom stereocenters. The first kappa shape index (κ1) is 37.4. The van der Waals surface area contributed by atoms with E-state index in [4.69, 9.17) is 9.15 Å². The first-order valence-corrected chi connectivity index (χ1v) is 19.0. The SMILES string of the molecule is COc1ccc(NC(=O)N(Cc2ccc(OC(F)(F)F)cc2)C[C@]2(O)CC[C@H]3[C@]45C=C[C@@]6(C=C4C(=O)c4ccco4)CC(O)CC[C@]6(C)[C@H]5CC[C@@]32C)cc1. The van der Waals surface area contributed by atoms with Crippen LogP contribution in [0.4, 0.5) is 23.7 Å². The fourth-order valence-corrected chi connectivity index (χ4v) is 11.5. The average Bonchev–Trinajstić information content (AvgIpc) is 3.78. The van der Waals surface area contributed by atoms with E-state index in [1.54, 1.807) is 43.5 Å². The first-order valence-electron chi connectivity index (χ1n) is 19.0. The molecule has 1 heterocycles. The number of Topliss-reactive ketones (excluding diaryl/α,β-unsaturated/α-hetero) is 1. The Bertz CT molecular complexity index is 2010. The van der Waals surface area contributed by atoms with Gasteiger partial charge in [0.2, 0.25) is 5.78 Å². The van der Waals surface area contributed by atoms with Gasteiger partial charge in [-0.05, 0) is 116 Å². The fourth-order valence-electron chi connectivity index (χ4n) is 11.5. The predicted octanol–water partition coefficient (Wildman–Crippen LogP) is 8.69. The van der Waals surface area contributed by atoms with Gasteiger partial charge in [0, 0.05) is 34.1 Å². The Morgan fingerprint density at radius 3 is 2.27 bits per heavy atom. The van der Waals surface area contributed by atoms with Crippen molar-refractivity contribution in [3.05, 3.63) is 102 Å². The number of fused-ring (bicyclic) bond motifs is 1. The number of furan rings is 1. The molecular weight excluding hydrogens is 713 g/mol. The van der Waals surface area contributed by atoms with Crippen LogP contribution in [0, 0.1) is 33.5 Å². The van der Waals surface area contributed by atoms with Crippen molar-refractivity contribution in [3.63, 3.8) is 0 Å². The zero-order valence-corrected chi connectivity index (χ0v) is 31.2. The number of urea groups is 1. The molecular formula is C43H47F3N2O7. The molecule has 292 valence electrons. The lowest BCUT2D eigenvalue weighted by atomic mass is 9.32. The van der Waals surface area contributed by atoms with E-state index in [-0.39, 0.29) is 47.6 Å². The third-order valence-corrected chi connectivity index (χ3v) is 14.3. The smallest absolute Gasteiger partial charge is 0.497 e. The zero-order chi connectivity index (χ0) is 39.0. The minimum absolute atomic E-state index is 0.00391. The highest BCUT2D eigenvalue weighted by Gasteiger charge is 2.74. The largest absolute Gasteiger partial charge is 0.573 e. The van der Waals surface area contributed by atoms with Gasteiger partial charge in [0.05, 0.1) is 31.6 Å². The van der Waals surface area contributed by atoms with Gasteiger partial charge in [0.15, 0.2) is 5.76 Å². The van der Waals surface area contributed by atoms with Crippen LogP contribution in [0.5, 0.6) is 11.5 Å². The van der Waals surface area contributed by atoms with Crippen molar-refractivity contribution >= 4 is 17.5 Å². The molecule has 9 rings (SSSR count). The van der Waals surface area contributed by atoms with Gasteiger partial charge >= 0.3 is 12.4 Å². The Morgan fingerprint density at radius 2 is 1.60 bits per heavy atom. The highest BCUT2D eigenvalue weighted by atomic mass is 19.4. The van der Waals surface area contributed by atoms with Crippen molar-refractivity contribution < 1.29 is 46.9 Å². The van der Waals surface area contributed by atoms with Crippen LogP contribution in [0.2, 0.25) is 0 Å². The molecule has 2 aromatic carbocycles. The second-order valence-corrected chi connectivity index (χ2v) is 16.8. The van der Waals surface area contributed by atoms with E-state index in [0.717, 1.165) is 12.8 Å². The van der Waals surface area contributed by atoms with Crippen LogP contribution in [-0.2, 0) is 6.54 Å². The summed E-state index contributed by atoms with van der Waals surface area (Å²) in [4.78, 5) is 30.2. The Labute approximate surface area is 318 Å². The Morgan fingerprint density at radius 1 is 0.927 bits per heavy atom. The van der Waals surface area contributed by atoms with Crippen LogP contribution in [0.1, 0.15) is 74.9 Å². The highest BCUT2D eigenvalue weighted by Crippen LogP contribution is 2.78. The molecule has 3 saturated carbocycles. The van der Waals surface area contributed by atoms with Crippen molar-refractivity contribution in [2.45, 2.75) is 83.4 Å². The number of ketones is 1. The molecule has 0 saturated heterocycles. The van der Waals surface area contributed by atoms with E-state index in [2.05, 4.69) is 42.1 Å². The van der Waals surface area contributed by atoms with Crippen molar-refractivity contribution in [1.82, 2.24) is 4.90 Å². The molecule has 3 aromatic rings. The normalized spacial score (nSPS) is 34.5. The zero-order valence-electron chi connectivity index (χ0n) is 31.2. The van der Waals surface area contributed by atoms with Gasteiger partial charge in [-0.1, -0.05) is 44.2 Å². The number of nitrogens with one attached hydrogen (secondary N) is 1. The van der Waals surface area contributed by atoms with Crippen LogP contribution in [-0.4, -0.2) is 58.6 Å². The molecule has 1 aromatic heterocycles. The number of methoxy groups -OCH3 is 1. The number of carbonyl (C=O) groups excluding carboxylic acids is 2. The molecule has 6 aliphatic rings. The topological polar surface area (TPSA) is 121 Å². The maximum atomic E-state index is 14.5. The van der Waals surface area contributed by atoms with Gasteiger partial charge in [-0.25, -0.2) is 4.79 Å². The van der Waals surface area contributed by atoms with Crippen LogP contribution in [0.15, 0.2) is 95.1 Å². The lowest BCUT2D eigenvalue weighted by Crippen LogP contribution is -2.67. The quantitative estimate of drug-likeness (QED) is 0.147. The van der Waals surface area contributed by atoms with E-state index in [9.17, 15) is 33.0 Å². The molecule has 55 heavy (non-hydrogen) atoms. The number of carbonyl (C=O) groups is 2. The highest BCUT2D eigenvalue weighted by molar-refractivity contribution is 6.08. The summed E-state index contributed by atoms with van der Waals surface area (Å²) in [7, 11) is 1.54. The van der Waals surface area contributed by atoms with Crippen molar-refractivity contribution in [2.75, 3.05) is 19.0 Å². The van der Waals surface area contributed by atoms with E-state index < -0.39 is 40.3 Å². The van der Waals surface area contributed by atoms with Crippen LogP contribution in [0.3, 0.4) is 0 Å². The molecule has 0 aliphatic heterocycles. The van der Waals surface area contributed by atoms with E-state index in [1.807, 2.05) is 0 Å². The number of hydrogen-bond acceptors (Lipinski definition) is 7. The molecule has 8 atom stereocenters. The number of nitrogens with zero attached hydrogens (tertiary/aromatic N) is 1. The van der Waals surface area contributed by atoms with E-state index in [1.165, 1.54) is 35.4 Å². The monoisotopic (exact) mass is 760 g/mol. The lowest BCUT2D eigenvalue weighted by Gasteiger charge is -2.71. The number of halogens is 3. The third-order valence-electron chi connectivity index (χ3n) is 14.3. The summed E-state index contributed by atoms with van der Waals surface area (Å²) in [5.74, 6) is 0.208. The summed E-state index contributed by atoms with van der Waals surface area (Å²) in [6.45, 7) is 4.33. The number of benzene rings is 2. The molecule has 12 heteroatoms. The number of rotatable bonds is 9. The molecule has 6 aliphatic carbocycles. The second kappa shape index (κ2) is 13.0. The number of aliphatic hydroxyl groups excluding tert-OH is 1. The molecule has 2 bridgehead atoms. The van der Waals surface area contributed by atoms with Crippen LogP contribution >= 0.6 is 0 Å². The number of anilines is 1. The van der Waals surface area contributed by atoms with Crippen molar-refractivity contribution in [3.8, 4) is 11.5 Å². The van der Waals surface area contributed by atoms with Gasteiger partial charge in [-0.3, -0.25) is 4.79 Å². The molecule has 2 spiro atoms.